The molecule has 0 N–H and O–H groups in total. The molecule has 0 heterocycles. The molecule has 3 saturated carbocycles. The van der Waals surface area contributed by atoms with E-state index >= 15 is 0 Å². The molecule has 0 heteroatoms. The van der Waals surface area contributed by atoms with Crippen LogP contribution in [0.15, 0.2) is 44.6 Å². The zero-order valence-corrected chi connectivity index (χ0v) is 15.8. The molecule has 0 spiro atoms. The van der Waals surface area contributed by atoms with Crippen molar-refractivity contribution in [2.75, 3.05) is 0 Å². The maximum Gasteiger partial charge on any atom is 0.00188 e. The van der Waals surface area contributed by atoms with Gasteiger partial charge in [-0.25, -0.2) is 0 Å². The lowest BCUT2D eigenvalue weighted by Crippen LogP contribution is -2.14. The fraction of sp³-hybridized carbons (Fsp3) is 0.680. The van der Waals surface area contributed by atoms with Crippen molar-refractivity contribution in [2.24, 2.45) is 11.8 Å². The lowest BCUT2D eigenvalue weighted by Gasteiger charge is -2.28. The fourth-order valence-corrected chi connectivity index (χ4v) is 7.63. The van der Waals surface area contributed by atoms with Crippen LogP contribution in [0.5, 0.6) is 0 Å². The molecule has 7 rings (SSSR count). The van der Waals surface area contributed by atoms with Crippen molar-refractivity contribution in [3.8, 4) is 0 Å². The second kappa shape index (κ2) is 5.73. The molecule has 0 nitrogen and oxygen atoms in total. The molecule has 0 amide bonds. The third-order valence-corrected chi connectivity index (χ3v) is 8.44. The molecule has 7 aliphatic rings. The van der Waals surface area contributed by atoms with Crippen molar-refractivity contribution in [3.05, 3.63) is 44.6 Å². The van der Waals surface area contributed by atoms with Crippen molar-refractivity contribution in [3.63, 3.8) is 0 Å². The van der Waals surface area contributed by atoms with Crippen LogP contribution in [0, 0.1) is 11.8 Å². The van der Waals surface area contributed by atoms with Gasteiger partial charge in [-0.05, 0) is 112 Å². The smallest absolute Gasteiger partial charge is 0.00188 e. The minimum Gasteiger partial charge on any atom is -0.0595 e. The quantitative estimate of drug-likeness (QED) is 0.435. The molecule has 0 radical (unpaired) electrons. The molecule has 0 atom stereocenters. The number of fused-ring (bicyclic) bond motifs is 10. The number of allylic oxidation sites excluding steroid dienone is 8. The van der Waals surface area contributed by atoms with Crippen molar-refractivity contribution in [2.45, 2.75) is 96.3 Å². The van der Waals surface area contributed by atoms with E-state index in [4.69, 9.17) is 0 Å². The van der Waals surface area contributed by atoms with Gasteiger partial charge in [0.1, 0.15) is 0 Å². The van der Waals surface area contributed by atoms with Gasteiger partial charge < -0.3 is 0 Å². The molecular weight excluding hydrogens is 300 g/mol. The Morgan fingerprint density at radius 1 is 0.360 bits per heavy atom. The van der Waals surface area contributed by atoms with Gasteiger partial charge in [0.2, 0.25) is 0 Å². The molecule has 7 aliphatic carbocycles. The summed E-state index contributed by atoms with van der Waals surface area (Å²) in [5.41, 5.74) is 15.4. The summed E-state index contributed by atoms with van der Waals surface area (Å²) in [6, 6.07) is 0. The van der Waals surface area contributed by atoms with Crippen molar-refractivity contribution < 1.29 is 0 Å². The number of hydrogen-bond acceptors (Lipinski definition) is 0. The Morgan fingerprint density at radius 2 is 0.680 bits per heavy atom. The molecule has 0 aromatic carbocycles. The maximum atomic E-state index is 1.94. The summed E-state index contributed by atoms with van der Waals surface area (Å²) in [6.45, 7) is 0. The summed E-state index contributed by atoms with van der Waals surface area (Å²) in [5, 5.41) is 0. The molecule has 0 saturated heterocycles. The Hall–Kier alpha value is -1.04. The van der Waals surface area contributed by atoms with Crippen LogP contribution in [-0.2, 0) is 0 Å². The Balaban J connectivity index is 1.63. The van der Waals surface area contributed by atoms with Crippen molar-refractivity contribution in [1.82, 2.24) is 0 Å². The first-order valence-electron chi connectivity index (χ1n) is 11.3. The SMILES string of the molecule is C1CC2=C3CCCC4=C(C1)C1=C5CCCC(=C2CCC1)C3CCCC45. The highest BCUT2D eigenvalue weighted by atomic mass is 14.4. The second-order valence-corrected chi connectivity index (χ2v) is 9.47. The molecule has 10 bridgehead atoms. The predicted molar refractivity (Wildman–Crippen MR) is 104 cm³/mol. The lowest BCUT2D eigenvalue weighted by atomic mass is 9.76. The molecule has 132 valence electrons. The topological polar surface area (TPSA) is 0 Å². The monoisotopic (exact) mass is 332 g/mol. The van der Waals surface area contributed by atoms with Gasteiger partial charge in [0, 0.05) is 11.8 Å². The van der Waals surface area contributed by atoms with Crippen molar-refractivity contribution in [1.29, 1.82) is 0 Å². The Morgan fingerprint density at radius 3 is 1.04 bits per heavy atom. The molecule has 0 aliphatic heterocycles. The first-order valence-corrected chi connectivity index (χ1v) is 11.3. The zero-order chi connectivity index (χ0) is 16.4. The summed E-state index contributed by atoms with van der Waals surface area (Å²) in [7, 11) is 0. The zero-order valence-electron chi connectivity index (χ0n) is 15.8. The minimum atomic E-state index is 0.875. The fourth-order valence-electron chi connectivity index (χ4n) is 7.63. The van der Waals surface area contributed by atoms with E-state index in [1.165, 1.54) is 96.3 Å². The van der Waals surface area contributed by atoms with Crippen LogP contribution in [0.25, 0.3) is 0 Å². The van der Waals surface area contributed by atoms with E-state index < -0.39 is 0 Å². The molecule has 25 heavy (non-hydrogen) atoms. The highest BCUT2D eigenvalue weighted by molar-refractivity contribution is 5.54. The first-order chi connectivity index (χ1) is 12.4. The lowest BCUT2D eigenvalue weighted by molar-refractivity contribution is 0.464. The van der Waals surface area contributed by atoms with Gasteiger partial charge >= 0.3 is 0 Å². The molecule has 0 aromatic rings. The Labute approximate surface area is 153 Å². The van der Waals surface area contributed by atoms with Gasteiger partial charge in [-0.2, -0.15) is 0 Å². The maximum absolute atomic E-state index is 1.94. The van der Waals surface area contributed by atoms with Gasteiger partial charge in [-0.15, -0.1) is 0 Å². The Bertz CT molecular complexity index is 631. The third kappa shape index (κ3) is 2.12. The standard InChI is InChI=1S/C25H32/c1-6-16-18-8-2-9-19-17(7-1)21-11-3-10-20(16)24-14-5-15-25(21)23(19)13-4-12-22(18)24/h16-17H,1-15H2. The molecular formula is C25H32. The molecule has 0 unspecified atom stereocenters. The number of rotatable bonds is 0. The van der Waals surface area contributed by atoms with E-state index in [2.05, 4.69) is 0 Å². The van der Waals surface area contributed by atoms with E-state index in [1.54, 1.807) is 0 Å². The minimum absolute atomic E-state index is 0.875. The van der Waals surface area contributed by atoms with Gasteiger partial charge in [0.15, 0.2) is 0 Å². The van der Waals surface area contributed by atoms with Crippen molar-refractivity contribution >= 4 is 0 Å². The highest BCUT2D eigenvalue weighted by Gasteiger charge is 2.39. The van der Waals surface area contributed by atoms with Gasteiger partial charge in [0.05, 0.1) is 0 Å². The van der Waals surface area contributed by atoms with Crippen LogP contribution in [0.4, 0.5) is 0 Å². The summed E-state index contributed by atoms with van der Waals surface area (Å²) in [5.74, 6) is 1.75. The van der Waals surface area contributed by atoms with Crippen LogP contribution in [0.2, 0.25) is 0 Å². The summed E-state index contributed by atoms with van der Waals surface area (Å²) in [6.07, 6.45) is 21.4. The summed E-state index contributed by atoms with van der Waals surface area (Å²) >= 11 is 0. The van der Waals surface area contributed by atoms with E-state index in [-0.39, 0.29) is 0 Å². The van der Waals surface area contributed by atoms with E-state index in [0.29, 0.717) is 0 Å². The molecule has 3 fully saturated rings. The predicted octanol–water partition coefficient (Wildman–Crippen LogP) is 7.34. The van der Waals surface area contributed by atoms with Crippen LogP contribution in [0.1, 0.15) is 96.3 Å². The van der Waals surface area contributed by atoms with Gasteiger partial charge in [-0.1, -0.05) is 28.7 Å². The Kier molecular flexibility index (Phi) is 3.45. The largest absolute Gasteiger partial charge is 0.0595 e. The average molecular weight is 333 g/mol. The van der Waals surface area contributed by atoms with E-state index in [1.807, 2.05) is 44.6 Å². The third-order valence-electron chi connectivity index (χ3n) is 8.44. The van der Waals surface area contributed by atoms with Crippen LogP contribution >= 0.6 is 0 Å². The summed E-state index contributed by atoms with van der Waals surface area (Å²) in [4.78, 5) is 0. The van der Waals surface area contributed by atoms with Crippen LogP contribution < -0.4 is 0 Å². The normalized spacial score (nSPS) is 34.6. The number of hydrogen-bond donors (Lipinski definition) is 0. The van der Waals surface area contributed by atoms with E-state index in [9.17, 15) is 0 Å². The second-order valence-electron chi connectivity index (χ2n) is 9.47. The van der Waals surface area contributed by atoms with Gasteiger partial charge in [-0.3, -0.25) is 0 Å². The summed E-state index contributed by atoms with van der Waals surface area (Å²) < 4.78 is 0. The first kappa shape index (κ1) is 15.1. The average Bonchev–Trinajstić information content (AvgIpc) is 3.09. The highest BCUT2D eigenvalue weighted by Crippen LogP contribution is 2.55. The van der Waals surface area contributed by atoms with Crippen LogP contribution in [-0.4, -0.2) is 0 Å². The molecule has 0 aromatic heterocycles. The van der Waals surface area contributed by atoms with E-state index in [0.717, 1.165) is 11.8 Å². The van der Waals surface area contributed by atoms with Gasteiger partial charge in [0.25, 0.3) is 0 Å². The van der Waals surface area contributed by atoms with Crippen LogP contribution in [0.3, 0.4) is 0 Å².